The maximum Gasteiger partial charge on any atom is 0.128 e. The van der Waals surface area contributed by atoms with Gasteiger partial charge < -0.3 is 15.6 Å². The van der Waals surface area contributed by atoms with Gasteiger partial charge in [0.05, 0.1) is 19.3 Å². The molecule has 0 saturated heterocycles. The SMILES string of the molecule is COCC(O)CN(C)Cc1ccc(C#CCN)cc1F. The Hall–Kier alpha value is -1.45. The Labute approximate surface area is 119 Å². The third-order valence-electron chi connectivity index (χ3n) is 2.71. The van der Waals surface area contributed by atoms with Crippen molar-refractivity contribution in [1.29, 1.82) is 0 Å². The molecule has 0 bridgehead atoms. The van der Waals surface area contributed by atoms with Gasteiger partial charge in [-0.25, -0.2) is 4.39 Å². The molecule has 0 spiro atoms. The molecule has 0 amide bonds. The molecule has 0 aliphatic carbocycles. The first-order valence-electron chi connectivity index (χ1n) is 6.39. The zero-order chi connectivity index (χ0) is 15.0. The predicted octanol–water partition coefficient (Wildman–Crippen LogP) is 0.575. The van der Waals surface area contributed by atoms with Gasteiger partial charge in [-0.05, 0) is 19.2 Å². The van der Waals surface area contributed by atoms with Gasteiger partial charge in [-0.1, -0.05) is 17.9 Å². The molecule has 0 aliphatic heterocycles. The number of halogens is 1. The summed E-state index contributed by atoms with van der Waals surface area (Å²) in [5, 5.41) is 9.62. The molecule has 110 valence electrons. The highest BCUT2D eigenvalue weighted by Crippen LogP contribution is 2.12. The largest absolute Gasteiger partial charge is 0.389 e. The minimum absolute atomic E-state index is 0.253. The standard InChI is InChI=1S/C15H21FN2O2/c1-18(10-14(19)11-20-2)9-13-6-5-12(4-3-7-17)8-15(13)16/h5-6,8,14,19H,7,9-11,17H2,1-2H3. The van der Waals surface area contributed by atoms with Crippen LogP contribution in [0.4, 0.5) is 4.39 Å². The third-order valence-corrected chi connectivity index (χ3v) is 2.71. The number of ether oxygens (including phenoxy) is 1. The molecule has 0 saturated carbocycles. The molecule has 0 aliphatic rings. The van der Waals surface area contributed by atoms with Crippen LogP contribution in [-0.2, 0) is 11.3 Å². The molecular weight excluding hydrogens is 259 g/mol. The van der Waals surface area contributed by atoms with Crippen LogP contribution in [0.1, 0.15) is 11.1 Å². The van der Waals surface area contributed by atoms with E-state index in [1.165, 1.54) is 13.2 Å². The molecule has 1 atom stereocenters. The van der Waals surface area contributed by atoms with Crippen LogP contribution in [0.15, 0.2) is 18.2 Å². The van der Waals surface area contributed by atoms with Crippen LogP contribution < -0.4 is 5.73 Å². The van der Waals surface area contributed by atoms with Crippen molar-refractivity contribution >= 4 is 0 Å². The van der Waals surface area contributed by atoms with E-state index < -0.39 is 6.10 Å². The number of aliphatic hydroxyl groups is 1. The second-order valence-electron chi connectivity index (χ2n) is 4.62. The number of nitrogens with two attached hydrogens (primary N) is 1. The fourth-order valence-electron chi connectivity index (χ4n) is 1.87. The molecular formula is C15H21FN2O2. The molecule has 0 fully saturated rings. The molecule has 1 aromatic rings. The van der Waals surface area contributed by atoms with Crippen molar-refractivity contribution in [2.45, 2.75) is 12.6 Å². The summed E-state index contributed by atoms with van der Waals surface area (Å²) in [5.41, 5.74) is 6.45. The average molecular weight is 280 g/mol. The van der Waals surface area contributed by atoms with E-state index in [9.17, 15) is 9.50 Å². The second kappa shape index (κ2) is 8.67. The van der Waals surface area contributed by atoms with Crippen LogP contribution >= 0.6 is 0 Å². The summed E-state index contributed by atoms with van der Waals surface area (Å²) in [4.78, 5) is 1.84. The van der Waals surface area contributed by atoms with Crippen LogP contribution in [0.25, 0.3) is 0 Å². The van der Waals surface area contributed by atoms with E-state index in [4.69, 9.17) is 10.5 Å². The van der Waals surface area contributed by atoms with E-state index in [-0.39, 0.29) is 19.0 Å². The van der Waals surface area contributed by atoms with Crippen LogP contribution in [0.5, 0.6) is 0 Å². The van der Waals surface area contributed by atoms with E-state index in [0.29, 0.717) is 24.2 Å². The highest BCUT2D eigenvalue weighted by atomic mass is 19.1. The number of likely N-dealkylation sites (N-methyl/N-ethyl adjacent to an activating group) is 1. The Morgan fingerprint density at radius 3 is 2.85 bits per heavy atom. The van der Waals surface area contributed by atoms with Gasteiger partial charge in [0.1, 0.15) is 5.82 Å². The lowest BCUT2D eigenvalue weighted by molar-refractivity contribution is 0.0417. The number of aliphatic hydroxyl groups excluding tert-OH is 1. The van der Waals surface area contributed by atoms with E-state index in [1.54, 1.807) is 12.1 Å². The second-order valence-corrected chi connectivity index (χ2v) is 4.62. The smallest absolute Gasteiger partial charge is 0.128 e. The first-order chi connectivity index (χ1) is 9.56. The molecule has 0 radical (unpaired) electrons. The summed E-state index contributed by atoms with van der Waals surface area (Å²) in [7, 11) is 3.35. The van der Waals surface area contributed by atoms with Crippen LogP contribution in [0.3, 0.4) is 0 Å². The van der Waals surface area contributed by atoms with Gasteiger partial charge in [-0.3, -0.25) is 4.90 Å². The lowest BCUT2D eigenvalue weighted by atomic mass is 10.1. The van der Waals surface area contributed by atoms with Gasteiger partial charge in [0, 0.05) is 31.3 Å². The summed E-state index contributed by atoms with van der Waals surface area (Å²) in [5.74, 6) is 5.17. The Balaban J connectivity index is 2.64. The Morgan fingerprint density at radius 1 is 1.50 bits per heavy atom. The van der Waals surface area contributed by atoms with Crippen molar-refractivity contribution < 1.29 is 14.2 Å². The maximum atomic E-state index is 13.9. The van der Waals surface area contributed by atoms with Crippen molar-refractivity contribution in [1.82, 2.24) is 4.90 Å². The topological polar surface area (TPSA) is 58.7 Å². The molecule has 5 heteroatoms. The Morgan fingerprint density at radius 2 is 2.25 bits per heavy atom. The normalized spacial score (nSPS) is 12.1. The quantitative estimate of drug-likeness (QED) is 0.748. The summed E-state index contributed by atoms with van der Waals surface area (Å²) in [6.45, 7) is 1.35. The minimum Gasteiger partial charge on any atom is -0.389 e. The van der Waals surface area contributed by atoms with Crippen LogP contribution in [0, 0.1) is 17.7 Å². The van der Waals surface area contributed by atoms with Gasteiger partial charge >= 0.3 is 0 Å². The number of hydrogen-bond acceptors (Lipinski definition) is 4. The molecule has 3 N–H and O–H groups in total. The molecule has 4 nitrogen and oxygen atoms in total. The summed E-state index contributed by atoms with van der Waals surface area (Å²) in [6, 6.07) is 4.87. The number of rotatable bonds is 6. The number of nitrogens with zero attached hydrogens (tertiary/aromatic N) is 1. The first kappa shape index (κ1) is 16.6. The number of benzene rings is 1. The van der Waals surface area contributed by atoms with Crippen LogP contribution in [0.2, 0.25) is 0 Å². The van der Waals surface area contributed by atoms with Crippen molar-refractivity contribution in [2.75, 3.05) is 33.9 Å². The van der Waals surface area contributed by atoms with Crippen molar-refractivity contribution in [3.63, 3.8) is 0 Å². The predicted molar refractivity (Wildman–Crippen MR) is 76.5 cm³/mol. The van der Waals surface area contributed by atoms with Gasteiger partial charge in [0.15, 0.2) is 0 Å². The Bertz CT molecular complexity index is 482. The fraction of sp³-hybridized carbons (Fsp3) is 0.467. The lowest BCUT2D eigenvalue weighted by Gasteiger charge is -2.20. The van der Waals surface area contributed by atoms with E-state index in [0.717, 1.165) is 0 Å². The zero-order valence-corrected chi connectivity index (χ0v) is 11.9. The van der Waals surface area contributed by atoms with E-state index in [2.05, 4.69) is 11.8 Å². The van der Waals surface area contributed by atoms with Gasteiger partial charge in [0.25, 0.3) is 0 Å². The van der Waals surface area contributed by atoms with Crippen molar-refractivity contribution in [3.8, 4) is 11.8 Å². The molecule has 1 rings (SSSR count). The summed E-state index contributed by atoms with van der Waals surface area (Å²) < 4.78 is 18.8. The van der Waals surface area contributed by atoms with E-state index >= 15 is 0 Å². The highest BCUT2D eigenvalue weighted by Gasteiger charge is 2.10. The maximum absolute atomic E-state index is 13.9. The summed E-state index contributed by atoms with van der Waals surface area (Å²) >= 11 is 0. The minimum atomic E-state index is -0.581. The van der Waals surface area contributed by atoms with Crippen LogP contribution in [-0.4, -0.2) is 50.0 Å². The van der Waals surface area contributed by atoms with Gasteiger partial charge in [-0.2, -0.15) is 0 Å². The lowest BCUT2D eigenvalue weighted by Crippen LogP contribution is -2.31. The molecule has 0 aromatic heterocycles. The van der Waals surface area contributed by atoms with Crippen molar-refractivity contribution in [3.05, 3.63) is 35.1 Å². The average Bonchev–Trinajstić information content (AvgIpc) is 2.39. The Kier molecular flexibility index (Phi) is 7.20. The van der Waals surface area contributed by atoms with Crippen molar-refractivity contribution in [2.24, 2.45) is 5.73 Å². The molecule has 0 heterocycles. The zero-order valence-electron chi connectivity index (χ0n) is 11.9. The molecule has 1 unspecified atom stereocenters. The fourth-order valence-corrected chi connectivity index (χ4v) is 1.87. The van der Waals surface area contributed by atoms with Gasteiger partial charge in [0.2, 0.25) is 0 Å². The molecule has 20 heavy (non-hydrogen) atoms. The summed E-state index contributed by atoms with van der Waals surface area (Å²) in [6.07, 6.45) is -0.581. The van der Waals surface area contributed by atoms with E-state index in [1.807, 2.05) is 11.9 Å². The first-order valence-corrected chi connectivity index (χ1v) is 6.39. The number of methoxy groups -OCH3 is 1. The number of hydrogen-bond donors (Lipinski definition) is 2. The highest BCUT2D eigenvalue weighted by molar-refractivity contribution is 5.37. The van der Waals surface area contributed by atoms with Gasteiger partial charge in [-0.15, -0.1) is 0 Å². The molecule has 1 aromatic carbocycles. The monoisotopic (exact) mass is 280 g/mol. The third kappa shape index (κ3) is 5.68.